The number of nitrogens with one attached hydrogen (secondary N) is 1. The number of aromatic nitrogens is 1. The number of nitrogens with zero attached hydrogens (tertiary/aromatic N) is 3. The molecule has 1 N–H and O–H groups in total. The van der Waals surface area contributed by atoms with Crippen molar-refractivity contribution >= 4 is 11.6 Å². The Bertz CT molecular complexity index is 434. The Morgan fingerprint density at radius 1 is 1.14 bits per heavy atom. The molecule has 1 aromatic rings. The van der Waals surface area contributed by atoms with Gasteiger partial charge in [0.05, 0.1) is 0 Å². The van der Waals surface area contributed by atoms with Gasteiger partial charge >= 0.3 is 0 Å². The highest BCUT2D eigenvalue weighted by molar-refractivity contribution is 5.47. The third kappa shape index (κ3) is 3.67. The van der Waals surface area contributed by atoms with Crippen molar-refractivity contribution < 1.29 is 0 Å². The van der Waals surface area contributed by atoms with Gasteiger partial charge in [-0.05, 0) is 31.4 Å². The van der Waals surface area contributed by atoms with E-state index in [9.17, 15) is 0 Å². The molecule has 2 fully saturated rings. The summed E-state index contributed by atoms with van der Waals surface area (Å²) in [6.45, 7) is 7.78. The molecular formula is C17H28N4. The normalized spacial score (nSPS) is 20.9. The van der Waals surface area contributed by atoms with Crippen LogP contribution in [-0.2, 0) is 0 Å². The smallest absolute Gasteiger partial charge is 0.131 e. The van der Waals surface area contributed by atoms with Gasteiger partial charge in [-0.25, -0.2) is 4.98 Å². The predicted octanol–water partition coefficient (Wildman–Crippen LogP) is 2.97. The van der Waals surface area contributed by atoms with Crippen molar-refractivity contribution in [3.63, 3.8) is 0 Å². The summed E-state index contributed by atoms with van der Waals surface area (Å²) < 4.78 is 0. The monoisotopic (exact) mass is 288 g/mol. The molecule has 1 aliphatic heterocycles. The van der Waals surface area contributed by atoms with E-state index in [0.29, 0.717) is 0 Å². The lowest BCUT2D eigenvalue weighted by atomic mass is 10.2. The van der Waals surface area contributed by atoms with Gasteiger partial charge in [-0.3, -0.25) is 4.90 Å². The fraction of sp³-hybridized carbons (Fsp3) is 0.706. The van der Waals surface area contributed by atoms with Crippen LogP contribution in [0.1, 0.15) is 39.0 Å². The van der Waals surface area contributed by atoms with Crippen molar-refractivity contribution in [3.8, 4) is 0 Å². The summed E-state index contributed by atoms with van der Waals surface area (Å²) in [5, 5.41) is 3.38. The largest absolute Gasteiger partial charge is 0.370 e. The lowest BCUT2D eigenvalue weighted by Crippen LogP contribution is -2.50. The van der Waals surface area contributed by atoms with E-state index in [1.54, 1.807) is 0 Å². The van der Waals surface area contributed by atoms with Crippen LogP contribution in [0, 0.1) is 0 Å². The molecule has 1 aliphatic carbocycles. The zero-order chi connectivity index (χ0) is 14.5. The Hall–Kier alpha value is -1.29. The minimum Gasteiger partial charge on any atom is -0.370 e. The summed E-state index contributed by atoms with van der Waals surface area (Å²) in [5.74, 6) is 2.13. The maximum atomic E-state index is 4.75. The molecule has 0 spiro atoms. The fourth-order valence-corrected chi connectivity index (χ4v) is 3.54. The predicted molar refractivity (Wildman–Crippen MR) is 89.1 cm³/mol. The summed E-state index contributed by atoms with van der Waals surface area (Å²) in [7, 11) is 0. The molecule has 0 unspecified atom stereocenters. The quantitative estimate of drug-likeness (QED) is 0.902. The van der Waals surface area contributed by atoms with Crippen molar-refractivity contribution in [2.75, 3.05) is 42.9 Å². The highest BCUT2D eigenvalue weighted by Gasteiger charge is 2.26. The summed E-state index contributed by atoms with van der Waals surface area (Å²) in [6, 6.07) is 7.18. The molecule has 0 aromatic carbocycles. The second kappa shape index (κ2) is 7.12. The fourth-order valence-electron chi connectivity index (χ4n) is 3.54. The lowest BCUT2D eigenvalue weighted by Gasteiger charge is -2.38. The van der Waals surface area contributed by atoms with E-state index in [1.807, 2.05) is 0 Å². The number of anilines is 2. The van der Waals surface area contributed by atoms with Crippen molar-refractivity contribution in [2.45, 2.75) is 45.1 Å². The van der Waals surface area contributed by atoms with Crippen LogP contribution in [0.15, 0.2) is 18.2 Å². The van der Waals surface area contributed by atoms with Gasteiger partial charge in [0.2, 0.25) is 0 Å². The molecule has 0 amide bonds. The zero-order valence-electron chi connectivity index (χ0n) is 13.2. The SMILES string of the molecule is CCCNc1cccc(N2CCN(C3CCCC3)CC2)n1. The molecule has 1 saturated carbocycles. The number of rotatable bonds is 5. The Morgan fingerprint density at radius 2 is 1.90 bits per heavy atom. The van der Waals surface area contributed by atoms with Crippen molar-refractivity contribution in [2.24, 2.45) is 0 Å². The van der Waals surface area contributed by atoms with Gasteiger partial charge in [-0.1, -0.05) is 25.8 Å². The van der Waals surface area contributed by atoms with Crippen molar-refractivity contribution in [3.05, 3.63) is 18.2 Å². The van der Waals surface area contributed by atoms with Crippen LogP contribution in [0.5, 0.6) is 0 Å². The third-order valence-corrected chi connectivity index (χ3v) is 4.77. The molecule has 1 aromatic heterocycles. The van der Waals surface area contributed by atoms with Crippen LogP contribution in [0.2, 0.25) is 0 Å². The average Bonchev–Trinajstić information content (AvgIpc) is 3.08. The zero-order valence-corrected chi connectivity index (χ0v) is 13.2. The van der Waals surface area contributed by atoms with Gasteiger partial charge in [0, 0.05) is 38.8 Å². The average molecular weight is 288 g/mol. The molecule has 1 saturated heterocycles. The number of pyridine rings is 1. The molecule has 3 rings (SSSR count). The van der Waals surface area contributed by atoms with E-state index in [-0.39, 0.29) is 0 Å². The first-order chi connectivity index (χ1) is 10.4. The highest BCUT2D eigenvalue weighted by atomic mass is 15.3. The van der Waals surface area contributed by atoms with E-state index < -0.39 is 0 Å². The van der Waals surface area contributed by atoms with Gasteiger partial charge in [0.1, 0.15) is 11.6 Å². The minimum absolute atomic E-state index is 0.859. The summed E-state index contributed by atoms with van der Waals surface area (Å²) in [6.07, 6.45) is 6.81. The number of hydrogen-bond donors (Lipinski definition) is 1. The first kappa shape index (κ1) is 14.6. The van der Waals surface area contributed by atoms with Crippen LogP contribution < -0.4 is 10.2 Å². The first-order valence-electron chi connectivity index (χ1n) is 8.57. The maximum absolute atomic E-state index is 4.75. The molecule has 0 atom stereocenters. The van der Waals surface area contributed by atoms with Crippen LogP contribution in [-0.4, -0.2) is 48.6 Å². The standard InChI is InChI=1S/C17H28N4/c1-2-10-18-16-8-5-9-17(19-16)21-13-11-20(12-14-21)15-6-3-4-7-15/h5,8-9,15H,2-4,6-7,10-14H2,1H3,(H,18,19). The van der Waals surface area contributed by atoms with Gasteiger partial charge in [0.25, 0.3) is 0 Å². The molecule has 116 valence electrons. The molecule has 4 nitrogen and oxygen atoms in total. The maximum Gasteiger partial charge on any atom is 0.131 e. The van der Waals surface area contributed by atoms with Gasteiger partial charge in [-0.15, -0.1) is 0 Å². The topological polar surface area (TPSA) is 31.4 Å². The second-order valence-corrected chi connectivity index (χ2v) is 6.27. The highest BCUT2D eigenvalue weighted by Crippen LogP contribution is 2.25. The molecule has 4 heteroatoms. The van der Waals surface area contributed by atoms with Crippen LogP contribution in [0.3, 0.4) is 0 Å². The Morgan fingerprint density at radius 3 is 2.62 bits per heavy atom. The third-order valence-electron chi connectivity index (χ3n) is 4.77. The van der Waals surface area contributed by atoms with Crippen LogP contribution in [0.25, 0.3) is 0 Å². The van der Waals surface area contributed by atoms with Crippen molar-refractivity contribution in [1.82, 2.24) is 9.88 Å². The Kier molecular flexibility index (Phi) is 4.96. The van der Waals surface area contributed by atoms with E-state index >= 15 is 0 Å². The van der Waals surface area contributed by atoms with Crippen molar-refractivity contribution in [1.29, 1.82) is 0 Å². The summed E-state index contributed by atoms with van der Waals surface area (Å²) >= 11 is 0. The Labute approximate surface area is 128 Å². The van der Waals surface area contributed by atoms with Gasteiger partial charge in [-0.2, -0.15) is 0 Å². The number of hydrogen-bond acceptors (Lipinski definition) is 4. The molecule has 2 heterocycles. The molecule has 0 bridgehead atoms. The van der Waals surface area contributed by atoms with E-state index in [0.717, 1.165) is 43.7 Å². The Balaban J connectivity index is 1.56. The van der Waals surface area contributed by atoms with E-state index in [2.05, 4.69) is 40.2 Å². The summed E-state index contributed by atoms with van der Waals surface area (Å²) in [4.78, 5) is 9.88. The summed E-state index contributed by atoms with van der Waals surface area (Å²) in [5.41, 5.74) is 0. The van der Waals surface area contributed by atoms with Gasteiger partial charge < -0.3 is 10.2 Å². The molecule has 2 aliphatic rings. The van der Waals surface area contributed by atoms with E-state index in [1.165, 1.54) is 38.8 Å². The van der Waals surface area contributed by atoms with Crippen LogP contribution >= 0.6 is 0 Å². The number of piperazine rings is 1. The van der Waals surface area contributed by atoms with E-state index in [4.69, 9.17) is 4.98 Å². The molecule has 0 radical (unpaired) electrons. The minimum atomic E-state index is 0.859. The second-order valence-electron chi connectivity index (χ2n) is 6.27. The molecular weight excluding hydrogens is 260 g/mol. The van der Waals surface area contributed by atoms with Crippen LogP contribution in [0.4, 0.5) is 11.6 Å². The van der Waals surface area contributed by atoms with Gasteiger partial charge in [0.15, 0.2) is 0 Å². The lowest BCUT2D eigenvalue weighted by molar-refractivity contribution is 0.187. The molecule has 21 heavy (non-hydrogen) atoms. The first-order valence-corrected chi connectivity index (χ1v) is 8.57.